The third kappa shape index (κ3) is 10.3. The van der Waals surface area contributed by atoms with Gasteiger partial charge >= 0.3 is 0 Å². The highest BCUT2D eigenvalue weighted by molar-refractivity contribution is 5.90. The van der Waals surface area contributed by atoms with E-state index < -0.39 is 0 Å². The fraction of sp³-hybridized carbons (Fsp3) is 0.250. The summed E-state index contributed by atoms with van der Waals surface area (Å²) in [5.41, 5.74) is 7.49. The van der Waals surface area contributed by atoms with Crippen molar-refractivity contribution in [2.45, 2.75) is 52.4 Å². The van der Waals surface area contributed by atoms with Crippen molar-refractivity contribution in [1.82, 2.24) is 0 Å². The molecule has 0 spiro atoms. The zero-order chi connectivity index (χ0) is 31.0. The number of nitriles is 2. The second-order valence-corrected chi connectivity index (χ2v) is 11.0. The van der Waals surface area contributed by atoms with Crippen LogP contribution in [0.15, 0.2) is 97.1 Å². The van der Waals surface area contributed by atoms with Crippen molar-refractivity contribution in [3.8, 4) is 23.6 Å². The normalized spacial score (nSPS) is 11.5. The Balaban J connectivity index is 1.07. The molecule has 0 bridgehead atoms. The van der Waals surface area contributed by atoms with E-state index in [0.717, 1.165) is 59.4 Å². The van der Waals surface area contributed by atoms with Crippen LogP contribution in [-0.2, 0) is 0 Å². The standard InChI is InChI=1S/C40H40N2O2/c1-31-9-13-33(14-10-31)27-37(29-41)35-17-21-39(22-18-35)43-25-7-5-3-4-6-8-26-44-40-23-19-36(20-24-40)38(30-42)28-34-15-11-32(2)12-16-34/h9-24,27-28H,3-8,25-26H2,1-2H3/b37-27-,38-28+. The van der Waals surface area contributed by atoms with E-state index in [0.29, 0.717) is 24.4 Å². The fourth-order valence-electron chi connectivity index (χ4n) is 4.77. The number of allylic oxidation sites excluding steroid dienone is 2. The fourth-order valence-corrected chi connectivity index (χ4v) is 4.77. The number of benzene rings is 4. The lowest BCUT2D eigenvalue weighted by molar-refractivity contribution is 0.297. The maximum absolute atomic E-state index is 9.62. The van der Waals surface area contributed by atoms with Crippen LogP contribution in [0.25, 0.3) is 23.3 Å². The van der Waals surface area contributed by atoms with Crippen LogP contribution in [0.5, 0.6) is 11.5 Å². The molecule has 0 saturated carbocycles. The third-order valence-electron chi connectivity index (χ3n) is 7.42. The second kappa shape index (κ2) is 17.2. The van der Waals surface area contributed by atoms with Crippen molar-refractivity contribution in [3.05, 3.63) is 130 Å². The topological polar surface area (TPSA) is 66.0 Å². The van der Waals surface area contributed by atoms with Crippen molar-refractivity contribution >= 4 is 23.3 Å². The van der Waals surface area contributed by atoms with Gasteiger partial charge < -0.3 is 9.47 Å². The van der Waals surface area contributed by atoms with Gasteiger partial charge in [-0.3, -0.25) is 0 Å². The summed E-state index contributed by atoms with van der Waals surface area (Å²) in [6, 6.07) is 36.5. The smallest absolute Gasteiger partial charge is 0.119 e. The predicted molar refractivity (Wildman–Crippen MR) is 181 cm³/mol. The van der Waals surface area contributed by atoms with Crippen molar-refractivity contribution in [3.63, 3.8) is 0 Å². The predicted octanol–water partition coefficient (Wildman–Crippen LogP) is 10.2. The van der Waals surface area contributed by atoms with Crippen LogP contribution in [-0.4, -0.2) is 13.2 Å². The van der Waals surface area contributed by atoms with E-state index in [-0.39, 0.29) is 0 Å². The first-order chi connectivity index (χ1) is 21.5. The highest BCUT2D eigenvalue weighted by atomic mass is 16.5. The van der Waals surface area contributed by atoms with Crippen LogP contribution in [0.3, 0.4) is 0 Å². The summed E-state index contributed by atoms with van der Waals surface area (Å²) < 4.78 is 11.8. The summed E-state index contributed by atoms with van der Waals surface area (Å²) in [4.78, 5) is 0. The maximum Gasteiger partial charge on any atom is 0.119 e. The molecule has 0 saturated heterocycles. The van der Waals surface area contributed by atoms with E-state index in [9.17, 15) is 10.5 Å². The highest BCUT2D eigenvalue weighted by Gasteiger charge is 2.04. The van der Waals surface area contributed by atoms with Gasteiger partial charge in [0.2, 0.25) is 0 Å². The number of hydrogen-bond acceptors (Lipinski definition) is 4. The molecule has 222 valence electrons. The lowest BCUT2D eigenvalue weighted by Crippen LogP contribution is -1.98. The Morgan fingerprint density at radius 2 is 0.841 bits per heavy atom. The minimum absolute atomic E-state index is 0.639. The molecule has 4 aromatic carbocycles. The molecular formula is C40H40N2O2. The zero-order valence-electron chi connectivity index (χ0n) is 25.8. The van der Waals surface area contributed by atoms with Crippen LogP contribution >= 0.6 is 0 Å². The van der Waals surface area contributed by atoms with Gasteiger partial charge in [-0.1, -0.05) is 85.3 Å². The van der Waals surface area contributed by atoms with Gasteiger partial charge in [0.1, 0.15) is 11.5 Å². The van der Waals surface area contributed by atoms with Crippen LogP contribution in [0.2, 0.25) is 0 Å². The SMILES string of the molecule is Cc1ccc(/C=C(\C#N)c2ccc(OCCCCCCCCOc3ccc(/C(C#N)=C\c4ccc(C)cc4)cc3)cc2)cc1. The van der Waals surface area contributed by atoms with Crippen molar-refractivity contribution in [2.75, 3.05) is 13.2 Å². The van der Waals surface area contributed by atoms with E-state index in [2.05, 4.69) is 26.0 Å². The first-order valence-electron chi connectivity index (χ1n) is 15.4. The summed E-state index contributed by atoms with van der Waals surface area (Å²) in [5, 5.41) is 19.2. The summed E-state index contributed by atoms with van der Waals surface area (Å²) >= 11 is 0. The Morgan fingerprint density at radius 1 is 0.500 bits per heavy atom. The molecule has 0 heterocycles. The Bertz CT molecular complexity index is 1480. The molecule has 0 aromatic heterocycles. The van der Waals surface area contributed by atoms with E-state index in [1.165, 1.54) is 24.0 Å². The number of hydrogen-bond donors (Lipinski definition) is 0. The lowest BCUT2D eigenvalue weighted by Gasteiger charge is -2.08. The molecule has 0 N–H and O–H groups in total. The van der Waals surface area contributed by atoms with Crippen molar-refractivity contribution in [1.29, 1.82) is 10.5 Å². The van der Waals surface area contributed by atoms with Crippen molar-refractivity contribution in [2.24, 2.45) is 0 Å². The molecular weight excluding hydrogens is 540 g/mol. The van der Waals surface area contributed by atoms with Gasteiger partial charge in [0.15, 0.2) is 0 Å². The van der Waals surface area contributed by atoms with Gasteiger partial charge in [0.25, 0.3) is 0 Å². The van der Waals surface area contributed by atoms with Gasteiger partial charge in [-0.2, -0.15) is 10.5 Å². The van der Waals surface area contributed by atoms with Gasteiger partial charge in [0.05, 0.1) is 36.5 Å². The average molecular weight is 581 g/mol. The maximum atomic E-state index is 9.62. The van der Waals surface area contributed by atoms with Crippen LogP contribution < -0.4 is 9.47 Å². The molecule has 0 fully saturated rings. The van der Waals surface area contributed by atoms with E-state index in [1.54, 1.807) is 0 Å². The quantitative estimate of drug-likeness (QED) is 0.0797. The van der Waals surface area contributed by atoms with E-state index in [4.69, 9.17) is 9.47 Å². The van der Waals surface area contributed by atoms with Crippen LogP contribution in [0.4, 0.5) is 0 Å². The van der Waals surface area contributed by atoms with Crippen LogP contribution in [0.1, 0.15) is 71.9 Å². The first-order valence-corrected chi connectivity index (χ1v) is 15.4. The monoisotopic (exact) mass is 580 g/mol. The molecule has 0 atom stereocenters. The summed E-state index contributed by atoms with van der Waals surface area (Å²) in [7, 11) is 0. The minimum Gasteiger partial charge on any atom is -0.494 e. The largest absolute Gasteiger partial charge is 0.494 e. The Kier molecular flexibility index (Phi) is 12.4. The average Bonchev–Trinajstić information content (AvgIpc) is 3.06. The van der Waals surface area contributed by atoms with Gasteiger partial charge in [-0.05, 0) is 110 Å². The molecule has 0 unspecified atom stereocenters. The number of nitrogens with zero attached hydrogens (tertiary/aromatic N) is 2. The lowest BCUT2D eigenvalue weighted by atomic mass is 10.0. The van der Waals surface area contributed by atoms with Gasteiger partial charge in [-0.25, -0.2) is 0 Å². The zero-order valence-corrected chi connectivity index (χ0v) is 25.8. The molecule has 0 aliphatic rings. The van der Waals surface area contributed by atoms with Gasteiger partial charge in [-0.15, -0.1) is 0 Å². The molecule has 0 aliphatic carbocycles. The minimum atomic E-state index is 0.639. The number of ether oxygens (including phenoxy) is 2. The molecule has 4 nitrogen and oxygen atoms in total. The number of aryl methyl sites for hydroxylation is 2. The number of unbranched alkanes of at least 4 members (excludes halogenated alkanes) is 5. The van der Waals surface area contributed by atoms with E-state index >= 15 is 0 Å². The summed E-state index contributed by atoms with van der Waals surface area (Å²) in [5.74, 6) is 1.66. The second-order valence-electron chi connectivity index (χ2n) is 11.0. The third-order valence-corrected chi connectivity index (χ3v) is 7.42. The van der Waals surface area contributed by atoms with Gasteiger partial charge in [0, 0.05) is 0 Å². The van der Waals surface area contributed by atoms with Crippen molar-refractivity contribution < 1.29 is 9.47 Å². The molecule has 4 heteroatoms. The Labute approximate surface area is 262 Å². The van der Waals surface area contributed by atoms with E-state index in [1.807, 2.05) is 109 Å². The summed E-state index contributed by atoms with van der Waals surface area (Å²) in [6.07, 6.45) is 10.5. The molecule has 0 amide bonds. The molecule has 4 rings (SSSR count). The Morgan fingerprint density at radius 3 is 1.18 bits per heavy atom. The number of rotatable bonds is 15. The first kappa shape index (κ1) is 31.9. The molecule has 0 aliphatic heterocycles. The molecule has 4 aromatic rings. The highest BCUT2D eigenvalue weighted by Crippen LogP contribution is 2.23. The molecule has 0 radical (unpaired) electrons. The summed E-state index contributed by atoms with van der Waals surface area (Å²) in [6.45, 7) is 5.49. The molecule has 44 heavy (non-hydrogen) atoms. The van der Waals surface area contributed by atoms with Crippen LogP contribution in [0, 0.1) is 36.5 Å². The Hall–Kier alpha value is -5.06.